The first-order chi connectivity index (χ1) is 16.4. The molecule has 0 unspecified atom stereocenters. The molecule has 0 aromatic carbocycles. The van der Waals surface area contributed by atoms with Crippen molar-refractivity contribution in [1.29, 1.82) is 0 Å². The molecular weight excluding hydrogens is 456 g/mol. The molecule has 35 heavy (non-hydrogen) atoms. The van der Waals surface area contributed by atoms with Gasteiger partial charge in [-0.1, -0.05) is 13.8 Å². The lowest BCUT2D eigenvalue weighted by molar-refractivity contribution is -0.252. The third-order valence-electron chi connectivity index (χ3n) is 10.7. The number of aliphatic hydroxyl groups excluding tert-OH is 1. The number of epoxide rings is 1. The van der Waals surface area contributed by atoms with Crippen molar-refractivity contribution in [3.05, 3.63) is 24.2 Å². The van der Waals surface area contributed by atoms with E-state index in [0.717, 1.165) is 5.56 Å². The molecule has 2 saturated carbocycles. The second-order valence-corrected chi connectivity index (χ2v) is 12.3. The zero-order valence-electron chi connectivity index (χ0n) is 20.2. The Hall–Kier alpha value is -2.23. The van der Waals surface area contributed by atoms with Crippen LogP contribution in [0.5, 0.6) is 0 Å². The second kappa shape index (κ2) is 6.18. The summed E-state index contributed by atoms with van der Waals surface area (Å²) in [5.74, 6) is -2.09. The number of cyclic esters (lactones) is 2. The van der Waals surface area contributed by atoms with E-state index in [1.807, 2.05) is 27.7 Å². The van der Waals surface area contributed by atoms with Crippen molar-refractivity contribution in [1.82, 2.24) is 0 Å². The topological polar surface area (TPSA) is 125 Å². The fourth-order valence-electron chi connectivity index (χ4n) is 9.52. The van der Waals surface area contributed by atoms with Gasteiger partial charge in [-0.3, -0.25) is 9.59 Å². The van der Waals surface area contributed by atoms with Crippen molar-refractivity contribution in [3.63, 3.8) is 0 Å². The van der Waals surface area contributed by atoms with Crippen molar-refractivity contribution < 1.29 is 42.9 Å². The number of Topliss-reactive ketones (excluding diaryl/α,β-unsaturated/α-hetero) is 1. The molecule has 188 valence electrons. The predicted molar refractivity (Wildman–Crippen MR) is 116 cm³/mol. The maximum Gasteiger partial charge on any atom is 0.339 e. The van der Waals surface area contributed by atoms with E-state index in [2.05, 4.69) is 0 Å². The van der Waals surface area contributed by atoms with Crippen molar-refractivity contribution >= 4 is 17.7 Å². The molecule has 9 heteroatoms. The highest BCUT2D eigenvalue weighted by Crippen LogP contribution is 2.80. The summed E-state index contributed by atoms with van der Waals surface area (Å²) in [5.41, 5.74) is -3.90. The number of hydrogen-bond donors (Lipinski definition) is 1. The van der Waals surface area contributed by atoms with Crippen molar-refractivity contribution in [3.8, 4) is 0 Å². The van der Waals surface area contributed by atoms with Gasteiger partial charge >= 0.3 is 11.9 Å². The van der Waals surface area contributed by atoms with Crippen LogP contribution >= 0.6 is 0 Å². The molecule has 0 bridgehead atoms. The average Bonchev–Trinajstić information content (AvgIpc) is 3.26. The molecule has 4 aliphatic heterocycles. The van der Waals surface area contributed by atoms with Gasteiger partial charge in [0.15, 0.2) is 11.9 Å². The molecule has 6 fully saturated rings. The minimum atomic E-state index is -1.37. The third kappa shape index (κ3) is 2.14. The van der Waals surface area contributed by atoms with E-state index in [1.54, 1.807) is 12.3 Å². The van der Waals surface area contributed by atoms with Crippen LogP contribution in [0.25, 0.3) is 0 Å². The molecule has 2 spiro atoms. The maximum atomic E-state index is 14.1. The first-order valence-corrected chi connectivity index (χ1v) is 12.4. The lowest BCUT2D eigenvalue weighted by Crippen LogP contribution is -2.76. The predicted octanol–water partition coefficient (Wildman–Crippen LogP) is 2.11. The van der Waals surface area contributed by atoms with E-state index in [-0.39, 0.29) is 30.7 Å². The largest absolute Gasteiger partial charge is 0.472 e. The van der Waals surface area contributed by atoms with Crippen LogP contribution in [0.1, 0.15) is 58.6 Å². The van der Waals surface area contributed by atoms with Crippen LogP contribution in [0.15, 0.2) is 23.0 Å². The molecule has 2 aliphatic carbocycles. The fourth-order valence-corrected chi connectivity index (χ4v) is 9.52. The van der Waals surface area contributed by atoms with E-state index < -0.39 is 63.8 Å². The summed E-state index contributed by atoms with van der Waals surface area (Å²) in [6, 6.07) is 1.77. The first-order valence-electron chi connectivity index (χ1n) is 12.4. The first kappa shape index (κ1) is 22.0. The Bertz CT molecular complexity index is 1160. The monoisotopic (exact) mass is 486 g/mol. The SMILES string of the molecule is CC1(C)O[C@H]2CC(=O)OC[C@@]23[C@@H]1C(=O)[C@H](O)[C@]1(C)[C@@H]3CC[C@@]2(C)[C@H](c3ccoc3)OC(=O)[C@H]3O[C@@]312. The molecule has 1 aromatic heterocycles. The molecule has 9 nitrogen and oxygen atoms in total. The molecule has 10 atom stereocenters. The van der Waals surface area contributed by atoms with Gasteiger partial charge in [-0.25, -0.2) is 4.79 Å². The van der Waals surface area contributed by atoms with Crippen molar-refractivity contribution in [2.75, 3.05) is 6.61 Å². The van der Waals surface area contributed by atoms with Gasteiger partial charge in [0, 0.05) is 21.8 Å². The Morgan fingerprint density at radius 1 is 1.06 bits per heavy atom. The molecule has 4 saturated heterocycles. The van der Waals surface area contributed by atoms with Crippen LogP contribution in [0, 0.1) is 28.1 Å². The average molecular weight is 487 g/mol. The second-order valence-electron chi connectivity index (χ2n) is 12.3. The number of carbonyl (C=O) groups is 3. The van der Waals surface area contributed by atoms with E-state index in [4.69, 9.17) is 23.4 Å². The summed E-state index contributed by atoms with van der Waals surface area (Å²) in [7, 11) is 0. The quantitative estimate of drug-likeness (QED) is 0.469. The zero-order chi connectivity index (χ0) is 24.8. The van der Waals surface area contributed by atoms with Gasteiger partial charge in [-0.05, 0) is 38.7 Å². The van der Waals surface area contributed by atoms with Crippen LogP contribution < -0.4 is 0 Å². The maximum absolute atomic E-state index is 14.1. The lowest BCUT2D eigenvalue weighted by Gasteiger charge is -2.66. The summed E-state index contributed by atoms with van der Waals surface area (Å²) in [4.78, 5) is 39.6. The van der Waals surface area contributed by atoms with Crippen LogP contribution in [0.4, 0.5) is 0 Å². The number of carbonyl (C=O) groups excluding carboxylic acids is 3. The number of hydrogen-bond acceptors (Lipinski definition) is 9. The minimum Gasteiger partial charge on any atom is -0.472 e. The number of aliphatic hydroxyl groups is 1. The van der Waals surface area contributed by atoms with Crippen LogP contribution in [0.2, 0.25) is 0 Å². The lowest BCUT2D eigenvalue weighted by atomic mass is 9.36. The molecule has 6 aliphatic rings. The summed E-state index contributed by atoms with van der Waals surface area (Å²) >= 11 is 0. The van der Waals surface area contributed by atoms with Gasteiger partial charge in [0.25, 0.3) is 0 Å². The molecular formula is C26H30O9. The Labute approximate surface area is 202 Å². The van der Waals surface area contributed by atoms with E-state index in [9.17, 15) is 19.5 Å². The van der Waals surface area contributed by atoms with E-state index in [0.29, 0.717) is 12.8 Å². The fraction of sp³-hybridized carbons (Fsp3) is 0.731. The van der Waals surface area contributed by atoms with E-state index in [1.165, 1.54) is 6.26 Å². The number of ketones is 1. The van der Waals surface area contributed by atoms with Gasteiger partial charge < -0.3 is 28.5 Å². The Kier molecular flexibility index (Phi) is 3.88. The smallest absolute Gasteiger partial charge is 0.339 e. The summed E-state index contributed by atoms with van der Waals surface area (Å²) in [6.07, 6.45) is 1.02. The van der Waals surface area contributed by atoms with Gasteiger partial charge in [0.2, 0.25) is 0 Å². The van der Waals surface area contributed by atoms with Crippen LogP contribution in [-0.2, 0) is 33.3 Å². The standard InChI is InChI=1S/C26H30O9/c1-22(2)17-16(28)18(29)24(4)13(25(17)11-32-15(27)9-14(25)34-22)5-7-23(3)19(12-6-8-31-10-12)33-21(30)20-26(23,24)35-20/h6,8,10,13-14,17-20,29H,5,7,9,11H2,1-4H3/t13-,14-,17+,18-,19-,20+,23-,24-,25-,26+/m0/s1. The Morgan fingerprint density at radius 3 is 2.54 bits per heavy atom. The van der Waals surface area contributed by atoms with E-state index >= 15 is 0 Å². The Balaban J connectivity index is 1.43. The Morgan fingerprint density at radius 2 is 1.83 bits per heavy atom. The normalized spacial score (nSPS) is 53.3. The summed E-state index contributed by atoms with van der Waals surface area (Å²) in [6.45, 7) is 7.66. The summed E-state index contributed by atoms with van der Waals surface area (Å²) < 4.78 is 29.6. The number of rotatable bonds is 1. The van der Waals surface area contributed by atoms with Crippen molar-refractivity contribution in [2.45, 2.75) is 82.6 Å². The number of esters is 2. The third-order valence-corrected chi connectivity index (χ3v) is 10.7. The number of fused-ring (bicyclic) bond motifs is 1. The van der Waals surface area contributed by atoms with Gasteiger partial charge in [-0.15, -0.1) is 0 Å². The molecule has 5 heterocycles. The zero-order valence-corrected chi connectivity index (χ0v) is 20.2. The van der Waals surface area contributed by atoms with Gasteiger partial charge in [-0.2, -0.15) is 0 Å². The van der Waals surface area contributed by atoms with Crippen molar-refractivity contribution in [2.24, 2.45) is 28.1 Å². The summed E-state index contributed by atoms with van der Waals surface area (Å²) in [5, 5.41) is 11.8. The highest BCUT2D eigenvalue weighted by atomic mass is 16.7. The highest BCUT2D eigenvalue weighted by molar-refractivity contribution is 5.92. The van der Waals surface area contributed by atoms with Gasteiger partial charge in [0.05, 0.1) is 36.6 Å². The number of furan rings is 1. The number of ether oxygens (including phenoxy) is 4. The van der Waals surface area contributed by atoms with Crippen LogP contribution in [-0.4, -0.2) is 58.9 Å². The molecule has 0 amide bonds. The minimum absolute atomic E-state index is 0.0520. The molecule has 0 radical (unpaired) electrons. The molecule has 7 rings (SSSR count). The van der Waals surface area contributed by atoms with Crippen LogP contribution in [0.3, 0.4) is 0 Å². The highest BCUT2D eigenvalue weighted by Gasteiger charge is 2.90. The molecule has 1 aromatic rings. The molecule has 1 N–H and O–H groups in total. The van der Waals surface area contributed by atoms with Gasteiger partial charge in [0.1, 0.15) is 24.4 Å².